The van der Waals surface area contributed by atoms with E-state index in [0.29, 0.717) is 6.54 Å². The zero-order chi connectivity index (χ0) is 11.4. The minimum atomic E-state index is 0.570. The third-order valence-corrected chi connectivity index (χ3v) is 3.85. The first-order valence-corrected chi connectivity index (χ1v) is 6.50. The summed E-state index contributed by atoms with van der Waals surface area (Å²) in [5.41, 5.74) is 8.12. The van der Waals surface area contributed by atoms with Crippen LogP contribution in [0.1, 0.15) is 49.9 Å². The van der Waals surface area contributed by atoms with E-state index in [1.807, 2.05) is 6.33 Å². The van der Waals surface area contributed by atoms with Crippen LogP contribution >= 0.6 is 0 Å². The van der Waals surface area contributed by atoms with Crippen molar-refractivity contribution in [1.82, 2.24) is 9.55 Å². The molecule has 1 saturated carbocycles. The molecule has 1 aromatic heterocycles. The van der Waals surface area contributed by atoms with E-state index in [0.717, 1.165) is 18.0 Å². The van der Waals surface area contributed by atoms with E-state index in [4.69, 9.17) is 5.73 Å². The van der Waals surface area contributed by atoms with E-state index >= 15 is 0 Å². The number of rotatable bonds is 4. The summed E-state index contributed by atoms with van der Waals surface area (Å²) < 4.78 is 2.13. The molecule has 0 atom stereocenters. The van der Waals surface area contributed by atoms with Crippen molar-refractivity contribution in [1.29, 1.82) is 0 Å². The van der Waals surface area contributed by atoms with Crippen LogP contribution in [0.4, 0.5) is 0 Å². The van der Waals surface area contributed by atoms with Crippen molar-refractivity contribution in [2.45, 2.75) is 51.5 Å². The number of aryl methyl sites for hydroxylation is 1. The number of hydrogen-bond donors (Lipinski definition) is 1. The predicted molar refractivity (Wildman–Crippen MR) is 66.0 cm³/mol. The Morgan fingerprint density at radius 1 is 1.38 bits per heavy atom. The van der Waals surface area contributed by atoms with Gasteiger partial charge in [-0.15, -0.1) is 0 Å². The van der Waals surface area contributed by atoms with Crippen LogP contribution in [0.5, 0.6) is 0 Å². The maximum absolute atomic E-state index is 5.70. The van der Waals surface area contributed by atoms with E-state index in [1.165, 1.54) is 44.2 Å². The number of aromatic nitrogens is 2. The Kier molecular flexibility index (Phi) is 3.99. The van der Waals surface area contributed by atoms with E-state index < -0.39 is 0 Å². The highest BCUT2D eigenvalue weighted by atomic mass is 15.0. The lowest BCUT2D eigenvalue weighted by molar-refractivity contribution is 0.337. The standard InChI is InChI=1S/C13H23N3/c1-16-10-15-12(9-14)13(16)8-7-11-5-3-2-4-6-11/h10-11H,2-9,14H2,1H3. The zero-order valence-electron chi connectivity index (χ0n) is 10.3. The van der Waals surface area contributed by atoms with E-state index in [2.05, 4.69) is 16.6 Å². The first-order chi connectivity index (χ1) is 7.81. The van der Waals surface area contributed by atoms with E-state index in [9.17, 15) is 0 Å². The van der Waals surface area contributed by atoms with Crippen molar-refractivity contribution in [3.63, 3.8) is 0 Å². The van der Waals surface area contributed by atoms with Gasteiger partial charge in [0, 0.05) is 19.3 Å². The molecule has 1 aliphatic carbocycles. The van der Waals surface area contributed by atoms with Gasteiger partial charge in [0.2, 0.25) is 0 Å². The highest BCUT2D eigenvalue weighted by Crippen LogP contribution is 2.27. The summed E-state index contributed by atoms with van der Waals surface area (Å²) in [5.74, 6) is 0.939. The lowest BCUT2D eigenvalue weighted by atomic mass is 9.85. The molecule has 2 rings (SSSR count). The second-order valence-electron chi connectivity index (χ2n) is 5.00. The second kappa shape index (κ2) is 5.48. The molecule has 3 heteroatoms. The van der Waals surface area contributed by atoms with Crippen LogP contribution < -0.4 is 5.73 Å². The first-order valence-electron chi connectivity index (χ1n) is 6.50. The van der Waals surface area contributed by atoms with Crippen LogP contribution in [0.15, 0.2) is 6.33 Å². The van der Waals surface area contributed by atoms with Crippen LogP contribution in [-0.4, -0.2) is 9.55 Å². The Labute approximate surface area is 98.1 Å². The Balaban J connectivity index is 1.90. The molecule has 3 nitrogen and oxygen atoms in total. The molecule has 0 radical (unpaired) electrons. The third kappa shape index (κ3) is 2.64. The van der Waals surface area contributed by atoms with Gasteiger partial charge in [0.25, 0.3) is 0 Å². The molecule has 0 aliphatic heterocycles. The maximum atomic E-state index is 5.70. The summed E-state index contributed by atoms with van der Waals surface area (Å²) in [4.78, 5) is 4.34. The van der Waals surface area contributed by atoms with Crippen LogP contribution in [0, 0.1) is 5.92 Å². The third-order valence-electron chi connectivity index (χ3n) is 3.85. The Morgan fingerprint density at radius 3 is 2.81 bits per heavy atom. The summed E-state index contributed by atoms with van der Waals surface area (Å²) in [5, 5.41) is 0. The normalized spacial score (nSPS) is 17.9. The topological polar surface area (TPSA) is 43.8 Å². The van der Waals surface area contributed by atoms with Crippen molar-refractivity contribution in [2.24, 2.45) is 18.7 Å². The summed E-state index contributed by atoms with van der Waals surface area (Å²) in [6.45, 7) is 0.570. The highest BCUT2D eigenvalue weighted by Gasteiger charge is 2.15. The van der Waals surface area contributed by atoms with Gasteiger partial charge in [0.05, 0.1) is 12.0 Å². The van der Waals surface area contributed by atoms with Crippen molar-refractivity contribution in [2.75, 3.05) is 0 Å². The molecular weight excluding hydrogens is 198 g/mol. The summed E-state index contributed by atoms with van der Waals surface area (Å²) >= 11 is 0. The largest absolute Gasteiger partial charge is 0.337 e. The molecule has 1 heterocycles. The molecule has 2 N–H and O–H groups in total. The van der Waals surface area contributed by atoms with Crippen LogP contribution in [-0.2, 0) is 20.0 Å². The Morgan fingerprint density at radius 2 is 2.12 bits per heavy atom. The summed E-state index contributed by atoms with van der Waals surface area (Å²) in [6, 6.07) is 0. The number of nitrogens with zero attached hydrogens (tertiary/aromatic N) is 2. The SMILES string of the molecule is Cn1cnc(CN)c1CCC1CCCCC1. The minimum Gasteiger partial charge on any atom is -0.337 e. The molecule has 0 saturated heterocycles. The van der Waals surface area contributed by atoms with Gasteiger partial charge in [0.15, 0.2) is 0 Å². The molecule has 0 aromatic carbocycles. The second-order valence-corrected chi connectivity index (χ2v) is 5.00. The van der Waals surface area contributed by atoms with Gasteiger partial charge < -0.3 is 10.3 Å². The lowest BCUT2D eigenvalue weighted by Gasteiger charge is -2.21. The van der Waals surface area contributed by atoms with E-state index in [-0.39, 0.29) is 0 Å². The molecule has 0 bridgehead atoms. The Hall–Kier alpha value is -0.830. The molecule has 90 valence electrons. The lowest BCUT2D eigenvalue weighted by Crippen LogP contribution is -2.10. The number of imidazole rings is 1. The van der Waals surface area contributed by atoms with Gasteiger partial charge >= 0.3 is 0 Å². The smallest absolute Gasteiger partial charge is 0.0949 e. The molecule has 1 fully saturated rings. The van der Waals surface area contributed by atoms with Crippen molar-refractivity contribution >= 4 is 0 Å². The molecule has 16 heavy (non-hydrogen) atoms. The molecule has 1 aliphatic rings. The molecule has 1 aromatic rings. The van der Waals surface area contributed by atoms with Gasteiger partial charge in [-0.3, -0.25) is 0 Å². The molecule has 0 amide bonds. The monoisotopic (exact) mass is 221 g/mol. The summed E-state index contributed by atoms with van der Waals surface area (Å²) in [7, 11) is 2.07. The molecular formula is C13H23N3. The average Bonchev–Trinajstić information content (AvgIpc) is 2.69. The number of hydrogen-bond acceptors (Lipinski definition) is 2. The van der Waals surface area contributed by atoms with Crippen molar-refractivity contribution in [3.8, 4) is 0 Å². The highest BCUT2D eigenvalue weighted by molar-refractivity contribution is 5.12. The molecule has 0 spiro atoms. The van der Waals surface area contributed by atoms with Crippen LogP contribution in [0.2, 0.25) is 0 Å². The van der Waals surface area contributed by atoms with Gasteiger partial charge in [-0.1, -0.05) is 32.1 Å². The predicted octanol–water partition coefficient (Wildman–Crippen LogP) is 2.39. The van der Waals surface area contributed by atoms with Gasteiger partial charge in [0.1, 0.15) is 0 Å². The fraction of sp³-hybridized carbons (Fsp3) is 0.769. The minimum absolute atomic E-state index is 0.570. The Bertz CT molecular complexity index is 324. The zero-order valence-corrected chi connectivity index (χ0v) is 10.3. The average molecular weight is 221 g/mol. The fourth-order valence-corrected chi connectivity index (χ4v) is 2.81. The van der Waals surface area contributed by atoms with Gasteiger partial charge in [-0.05, 0) is 18.8 Å². The maximum Gasteiger partial charge on any atom is 0.0949 e. The van der Waals surface area contributed by atoms with Crippen LogP contribution in [0.25, 0.3) is 0 Å². The van der Waals surface area contributed by atoms with Crippen molar-refractivity contribution in [3.05, 3.63) is 17.7 Å². The van der Waals surface area contributed by atoms with Gasteiger partial charge in [-0.25, -0.2) is 4.98 Å². The quantitative estimate of drug-likeness (QED) is 0.848. The van der Waals surface area contributed by atoms with Crippen LogP contribution in [0.3, 0.4) is 0 Å². The van der Waals surface area contributed by atoms with Crippen molar-refractivity contribution < 1.29 is 0 Å². The van der Waals surface area contributed by atoms with Gasteiger partial charge in [-0.2, -0.15) is 0 Å². The fourth-order valence-electron chi connectivity index (χ4n) is 2.81. The molecule has 0 unspecified atom stereocenters. The first kappa shape index (κ1) is 11.6. The van der Waals surface area contributed by atoms with E-state index in [1.54, 1.807) is 0 Å². The summed E-state index contributed by atoms with van der Waals surface area (Å²) in [6.07, 6.45) is 11.5. The number of nitrogens with two attached hydrogens (primary N) is 1.